The molecule has 2 N–H and O–H groups in total. The summed E-state index contributed by atoms with van der Waals surface area (Å²) in [6.45, 7) is -0.0377. The number of benzene rings is 1. The van der Waals surface area contributed by atoms with E-state index in [1.54, 1.807) is 36.5 Å². The smallest absolute Gasteiger partial charge is 0.327 e. The third-order valence-corrected chi connectivity index (χ3v) is 2.65. The summed E-state index contributed by atoms with van der Waals surface area (Å²) in [7, 11) is 1.29. The SMILES string of the molecule is COC(=O)Cn1ccc(NC(=O)Nc2cccc(C#N)c2)n1. The topological polar surface area (TPSA) is 109 Å². The first kappa shape index (κ1) is 15.1. The predicted octanol–water partition coefficient (Wildman–Crippen LogP) is 1.57. The molecule has 0 saturated carbocycles. The van der Waals surface area contributed by atoms with Crippen LogP contribution in [0.4, 0.5) is 16.3 Å². The quantitative estimate of drug-likeness (QED) is 0.833. The average Bonchev–Trinajstić information content (AvgIpc) is 2.94. The van der Waals surface area contributed by atoms with Crippen molar-refractivity contribution >= 4 is 23.5 Å². The van der Waals surface area contributed by atoms with Gasteiger partial charge in [-0.1, -0.05) is 6.07 Å². The zero-order valence-electron chi connectivity index (χ0n) is 11.7. The summed E-state index contributed by atoms with van der Waals surface area (Å²) < 4.78 is 5.86. The highest BCUT2D eigenvalue weighted by Gasteiger charge is 2.08. The van der Waals surface area contributed by atoms with Gasteiger partial charge in [-0.2, -0.15) is 10.4 Å². The molecule has 1 aromatic carbocycles. The molecular weight excluding hydrogens is 286 g/mol. The van der Waals surface area contributed by atoms with Crippen LogP contribution in [0, 0.1) is 11.3 Å². The summed E-state index contributed by atoms with van der Waals surface area (Å²) in [5.41, 5.74) is 0.936. The Kier molecular flexibility index (Phi) is 4.72. The Morgan fingerprint density at radius 3 is 2.91 bits per heavy atom. The van der Waals surface area contributed by atoms with Crippen LogP contribution in [0.3, 0.4) is 0 Å². The van der Waals surface area contributed by atoms with Crippen LogP contribution < -0.4 is 10.6 Å². The molecular formula is C14H13N5O3. The Bertz CT molecular complexity index is 732. The van der Waals surface area contributed by atoms with Crippen molar-refractivity contribution in [3.63, 3.8) is 0 Å². The Morgan fingerprint density at radius 1 is 1.36 bits per heavy atom. The molecule has 0 spiro atoms. The van der Waals surface area contributed by atoms with E-state index >= 15 is 0 Å². The standard InChI is InChI=1S/C14H13N5O3/c1-22-13(20)9-19-6-5-12(18-19)17-14(21)16-11-4-2-3-10(7-11)8-15/h2-7H,9H2,1H3,(H2,16,17,18,21). The van der Waals surface area contributed by atoms with E-state index in [-0.39, 0.29) is 12.4 Å². The lowest BCUT2D eigenvalue weighted by molar-refractivity contribution is -0.141. The predicted molar refractivity (Wildman–Crippen MR) is 78.0 cm³/mol. The number of carbonyl (C=O) groups excluding carboxylic acids is 2. The highest BCUT2D eigenvalue weighted by atomic mass is 16.5. The van der Waals surface area contributed by atoms with Gasteiger partial charge in [0.2, 0.25) is 0 Å². The van der Waals surface area contributed by atoms with E-state index < -0.39 is 12.0 Å². The Hall–Kier alpha value is -3.34. The first-order valence-electron chi connectivity index (χ1n) is 6.29. The van der Waals surface area contributed by atoms with Gasteiger partial charge >= 0.3 is 12.0 Å². The number of nitriles is 1. The zero-order valence-corrected chi connectivity index (χ0v) is 11.7. The first-order chi connectivity index (χ1) is 10.6. The molecule has 1 aromatic heterocycles. The van der Waals surface area contributed by atoms with Crippen molar-refractivity contribution in [2.45, 2.75) is 6.54 Å². The fourth-order valence-corrected chi connectivity index (χ4v) is 1.66. The molecule has 0 unspecified atom stereocenters. The summed E-state index contributed by atoms with van der Waals surface area (Å²) >= 11 is 0. The van der Waals surface area contributed by atoms with Crippen molar-refractivity contribution in [3.8, 4) is 6.07 Å². The number of hydrogen-bond donors (Lipinski definition) is 2. The molecule has 0 atom stereocenters. The first-order valence-corrected chi connectivity index (χ1v) is 6.29. The molecule has 0 fully saturated rings. The van der Waals surface area contributed by atoms with Gasteiger partial charge in [0.1, 0.15) is 6.54 Å². The molecule has 112 valence electrons. The lowest BCUT2D eigenvalue weighted by Gasteiger charge is -2.05. The number of aromatic nitrogens is 2. The van der Waals surface area contributed by atoms with Gasteiger partial charge < -0.3 is 10.1 Å². The van der Waals surface area contributed by atoms with Gasteiger partial charge in [-0.15, -0.1) is 0 Å². The van der Waals surface area contributed by atoms with Crippen molar-refractivity contribution in [3.05, 3.63) is 42.1 Å². The second-order valence-corrected chi connectivity index (χ2v) is 4.25. The van der Waals surface area contributed by atoms with Gasteiger partial charge in [-0.05, 0) is 18.2 Å². The summed E-state index contributed by atoms with van der Waals surface area (Å²) in [4.78, 5) is 22.9. The molecule has 8 heteroatoms. The van der Waals surface area contributed by atoms with Crippen molar-refractivity contribution in [1.29, 1.82) is 5.26 Å². The second kappa shape index (κ2) is 6.90. The van der Waals surface area contributed by atoms with Crippen LogP contribution in [0.1, 0.15) is 5.56 Å². The highest BCUT2D eigenvalue weighted by Crippen LogP contribution is 2.10. The molecule has 22 heavy (non-hydrogen) atoms. The minimum absolute atomic E-state index is 0.0377. The number of carbonyl (C=O) groups is 2. The van der Waals surface area contributed by atoms with Crippen LogP contribution in [0.2, 0.25) is 0 Å². The number of rotatable bonds is 4. The highest BCUT2D eigenvalue weighted by molar-refractivity contribution is 5.99. The van der Waals surface area contributed by atoms with Crippen LogP contribution in [0.15, 0.2) is 36.5 Å². The lowest BCUT2D eigenvalue weighted by atomic mass is 10.2. The minimum Gasteiger partial charge on any atom is -0.468 e. The van der Waals surface area contributed by atoms with Gasteiger partial charge in [0.05, 0.1) is 18.7 Å². The van der Waals surface area contributed by atoms with E-state index in [0.29, 0.717) is 11.3 Å². The molecule has 0 radical (unpaired) electrons. The number of hydrogen-bond acceptors (Lipinski definition) is 5. The van der Waals surface area contributed by atoms with Crippen LogP contribution in [-0.4, -0.2) is 28.9 Å². The maximum absolute atomic E-state index is 11.8. The van der Waals surface area contributed by atoms with Crippen LogP contribution in [0.5, 0.6) is 0 Å². The maximum Gasteiger partial charge on any atom is 0.327 e. The van der Waals surface area contributed by atoms with Crippen molar-refractivity contribution in [1.82, 2.24) is 9.78 Å². The molecule has 2 rings (SSSR count). The number of urea groups is 1. The monoisotopic (exact) mass is 299 g/mol. The number of methoxy groups -OCH3 is 1. The van der Waals surface area contributed by atoms with Crippen LogP contribution in [0.25, 0.3) is 0 Å². The number of nitrogens with zero attached hydrogens (tertiary/aromatic N) is 3. The van der Waals surface area contributed by atoms with Crippen LogP contribution >= 0.6 is 0 Å². The van der Waals surface area contributed by atoms with E-state index in [4.69, 9.17) is 5.26 Å². The van der Waals surface area contributed by atoms with Gasteiger partial charge in [-0.3, -0.25) is 14.8 Å². The lowest BCUT2D eigenvalue weighted by Crippen LogP contribution is -2.20. The molecule has 2 aromatic rings. The third-order valence-electron chi connectivity index (χ3n) is 2.65. The Labute approximate surface area is 126 Å². The summed E-state index contributed by atoms with van der Waals surface area (Å²) in [5, 5.41) is 17.9. The number of esters is 1. The molecule has 0 aliphatic rings. The fraction of sp³-hybridized carbons (Fsp3) is 0.143. The Morgan fingerprint density at radius 2 is 2.18 bits per heavy atom. The van der Waals surface area contributed by atoms with E-state index in [1.165, 1.54) is 11.8 Å². The molecule has 8 nitrogen and oxygen atoms in total. The summed E-state index contributed by atoms with van der Waals surface area (Å²) in [5.74, 6) is -0.148. The molecule has 0 aliphatic heterocycles. The minimum atomic E-state index is -0.501. The third kappa shape index (κ3) is 4.08. The van der Waals surface area contributed by atoms with Gasteiger partial charge in [-0.25, -0.2) is 4.79 Å². The molecule has 0 aliphatic carbocycles. The zero-order chi connectivity index (χ0) is 15.9. The fourth-order valence-electron chi connectivity index (χ4n) is 1.66. The van der Waals surface area contributed by atoms with Gasteiger partial charge in [0, 0.05) is 18.0 Å². The summed E-state index contributed by atoms with van der Waals surface area (Å²) in [6, 6.07) is 9.55. The normalized spacial score (nSPS) is 9.64. The Balaban J connectivity index is 1.94. The van der Waals surface area contributed by atoms with E-state index in [2.05, 4.69) is 20.5 Å². The number of nitrogens with one attached hydrogen (secondary N) is 2. The number of anilines is 2. The second-order valence-electron chi connectivity index (χ2n) is 4.25. The van der Waals surface area contributed by atoms with Crippen molar-refractivity contribution in [2.24, 2.45) is 0 Å². The number of amides is 2. The van der Waals surface area contributed by atoms with Gasteiger partial charge in [0.15, 0.2) is 5.82 Å². The van der Waals surface area contributed by atoms with Crippen molar-refractivity contribution in [2.75, 3.05) is 17.7 Å². The van der Waals surface area contributed by atoms with E-state index in [0.717, 1.165) is 0 Å². The molecule has 0 saturated heterocycles. The summed E-state index contributed by atoms with van der Waals surface area (Å²) in [6.07, 6.45) is 1.54. The number of ether oxygens (including phenoxy) is 1. The average molecular weight is 299 g/mol. The largest absolute Gasteiger partial charge is 0.468 e. The van der Waals surface area contributed by atoms with Gasteiger partial charge in [0.25, 0.3) is 0 Å². The molecule has 2 amide bonds. The molecule has 1 heterocycles. The van der Waals surface area contributed by atoms with E-state index in [9.17, 15) is 9.59 Å². The van der Waals surface area contributed by atoms with Crippen LogP contribution in [-0.2, 0) is 16.1 Å². The maximum atomic E-state index is 11.8. The molecule has 0 bridgehead atoms. The van der Waals surface area contributed by atoms with E-state index in [1.807, 2.05) is 6.07 Å². The van der Waals surface area contributed by atoms with Crippen molar-refractivity contribution < 1.29 is 14.3 Å².